The molecule has 0 saturated carbocycles. The topological polar surface area (TPSA) is 24.9 Å². The first kappa shape index (κ1) is 11.9. The van der Waals surface area contributed by atoms with Gasteiger partial charge in [-0.3, -0.25) is 4.98 Å². The molecule has 90 valence electrons. The Morgan fingerprint density at radius 3 is 2.82 bits per heavy atom. The summed E-state index contributed by atoms with van der Waals surface area (Å²) >= 11 is 0. The van der Waals surface area contributed by atoms with E-state index in [0.29, 0.717) is 6.04 Å². The first-order valence-electron chi connectivity index (χ1n) is 6.33. The van der Waals surface area contributed by atoms with Crippen molar-refractivity contribution < 1.29 is 0 Å². The standard InChI is InChI=1S/C15H20N2/c1-4-7-11(2)16-15-10-12(3)17-14-9-6-5-8-13(14)15/h5-6,8-11H,4,7H2,1-3H3,(H,16,17). The number of anilines is 1. The van der Waals surface area contributed by atoms with E-state index >= 15 is 0 Å². The number of nitrogens with one attached hydrogen (secondary N) is 1. The number of hydrogen-bond acceptors (Lipinski definition) is 2. The van der Waals surface area contributed by atoms with Gasteiger partial charge in [0.2, 0.25) is 0 Å². The van der Waals surface area contributed by atoms with Crippen LogP contribution in [0.2, 0.25) is 0 Å². The maximum Gasteiger partial charge on any atom is 0.0725 e. The number of aromatic nitrogens is 1. The molecule has 2 rings (SSSR count). The van der Waals surface area contributed by atoms with Crippen LogP contribution in [-0.2, 0) is 0 Å². The van der Waals surface area contributed by atoms with E-state index in [-0.39, 0.29) is 0 Å². The number of nitrogens with zero attached hydrogens (tertiary/aromatic N) is 1. The lowest BCUT2D eigenvalue weighted by Crippen LogP contribution is -2.15. The van der Waals surface area contributed by atoms with E-state index < -0.39 is 0 Å². The Hall–Kier alpha value is -1.57. The van der Waals surface area contributed by atoms with Crippen LogP contribution in [0.1, 0.15) is 32.4 Å². The lowest BCUT2D eigenvalue weighted by molar-refractivity contribution is 0.691. The molecule has 1 aromatic carbocycles. The summed E-state index contributed by atoms with van der Waals surface area (Å²) in [6.45, 7) is 6.49. The normalized spacial score (nSPS) is 12.6. The second-order valence-electron chi connectivity index (χ2n) is 4.66. The quantitative estimate of drug-likeness (QED) is 0.850. The Balaban J connectivity index is 2.38. The Bertz CT molecular complexity index is 505. The third kappa shape index (κ3) is 2.76. The maximum atomic E-state index is 4.55. The van der Waals surface area contributed by atoms with Gasteiger partial charge in [-0.2, -0.15) is 0 Å². The summed E-state index contributed by atoms with van der Waals surface area (Å²) in [5.41, 5.74) is 3.34. The lowest BCUT2D eigenvalue weighted by atomic mass is 10.1. The van der Waals surface area contributed by atoms with Crippen molar-refractivity contribution in [3.8, 4) is 0 Å². The van der Waals surface area contributed by atoms with Crippen LogP contribution in [-0.4, -0.2) is 11.0 Å². The monoisotopic (exact) mass is 228 g/mol. The molecule has 1 atom stereocenters. The van der Waals surface area contributed by atoms with E-state index in [2.05, 4.69) is 48.4 Å². The van der Waals surface area contributed by atoms with Crippen LogP contribution in [0.15, 0.2) is 30.3 Å². The number of pyridine rings is 1. The summed E-state index contributed by atoms with van der Waals surface area (Å²) in [6.07, 6.45) is 2.39. The maximum absolute atomic E-state index is 4.55. The third-order valence-corrected chi connectivity index (χ3v) is 2.97. The first-order chi connectivity index (χ1) is 8.20. The molecule has 17 heavy (non-hydrogen) atoms. The Morgan fingerprint density at radius 2 is 2.06 bits per heavy atom. The summed E-state index contributed by atoms with van der Waals surface area (Å²) < 4.78 is 0. The first-order valence-corrected chi connectivity index (χ1v) is 6.33. The highest BCUT2D eigenvalue weighted by Crippen LogP contribution is 2.23. The summed E-state index contributed by atoms with van der Waals surface area (Å²) in [5.74, 6) is 0. The average Bonchev–Trinajstić information content (AvgIpc) is 2.29. The average molecular weight is 228 g/mol. The zero-order chi connectivity index (χ0) is 12.3. The molecule has 2 nitrogen and oxygen atoms in total. The highest BCUT2D eigenvalue weighted by atomic mass is 14.9. The van der Waals surface area contributed by atoms with E-state index in [1.165, 1.54) is 23.9 Å². The molecule has 0 aliphatic heterocycles. The van der Waals surface area contributed by atoms with Crippen molar-refractivity contribution in [1.29, 1.82) is 0 Å². The highest BCUT2D eigenvalue weighted by Gasteiger charge is 2.06. The minimum Gasteiger partial charge on any atom is -0.382 e. The molecule has 0 spiro atoms. The fourth-order valence-electron chi connectivity index (χ4n) is 2.20. The van der Waals surface area contributed by atoms with E-state index in [9.17, 15) is 0 Å². The van der Waals surface area contributed by atoms with Gasteiger partial charge in [0.1, 0.15) is 0 Å². The van der Waals surface area contributed by atoms with Gasteiger partial charge in [0.25, 0.3) is 0 Å². The fraction of sp³-hybridized carbons (Fsp3) is 0.400. The molecular formula is C15H20N2. The Kier molecular flexibility index (Phi) is 3.62. The third-order valence-electron chi connectivity index (χ3n) is 2.97. The second kappa shape index (κ2) is 5.17. The molecule has 2 aromatic rings. The van der Waals surface area contributed by atoms with Crippen LogP contribution in [0.25, 0.3) is 10.9 Å². The van der Waals surface area contributed by atoms with Crippen LogP contribution in [0, 0.1) is 6.92 Å². The lowest BCUT2D eigenvalue weighted by Gasteiger charge is -2.16. The highest BCUT2D eigenvalue weighted by molar-refractivity contribution is 5.91. The molecule has 0 aliphatic rings. The zero-order valence-electron chi connectivity index (χ0n) is 10.8. The van der Waals surface area contributed by atoms with Crippen LogP contribution in [0.3, 0.4) is 0 Å². The van der Waals surface area contributed by atoms with E-state index in [1.807, 2.05) is 13.0 Å². The van der Waals surface area contributed by atoms with Gasteiger partial charge >= 0.3 is 0 Å². The van der Waals surface area contributed by atoms with E-state index in [0.717, 1.165) is 11.2 Å². The van der Waals surface area contributed by atoms with Gasteiger partial charge in [-0.05, 0) is 32.4 Å². The Morgan fingerprint density at radius 1 is 1.29 bits per heavy atom. The molecule has 1 aromatic heterocycles. The van der Waals surface area contributed by atoms with E-state index in [1.54, 1.807) is 0 Å². The van der Waals surface area contributed by atoms with Crippen molar-refractivity contribution in [3.05, 3.63) is 36.0 Å². The molecule has 1 N–H and O–H groups in total. The zero-order valence-corrected chi connectivity index (χ0v) is 10.8. The Labute approximate surface area is 103 Å². The summed E-state index contributed by atoms with van der Waals surface area (Å²) in [7, 11) is 0. The number of fused-ring (bicyclic) bond motifs is 1. The van der Waals surface area contributed by atoms with Gasteiger partial charge in [0.05, 0.1) is 5.52 Å². The van der Waals surface area contributed by atoms with Crippen LogP contribution < -0.4 is 5.32 Å². The van der Waals surface area contributed by atoms with Crippen molar-refractivity contribution in [1.82, 2.24) is 4.98 Å². The van der Waals surface area contributed by atoms with Gasteiger partial charge in [0.15, 0.2) is 0 Å². The van der Waals surface area contributed by atoms with Crippen LogP contribution in [0.4, 0.5) is 5.69 Å². The van der Waals surface area contributed by atoms with Crippen molar-refractivity contribution in [2.24, 2.45) is 0 Å². The molecular weight excluding hydrogens is 208 g/mol. The number of hydrogen-bond donors (Lipinski definition) is 1. The molecule has 0 amide bonds. The number of aryl methyl sites for hydroxylation is 1. The molecule has 1 heterocycles. The van der Waals surface area contributed by atoms with E-state index in [4.69, 9.17) is 0 Å². The van der Waals surface area contributed by atoms with Crippen molar-refractivity contribution in [2.75, 3.05) is 5.32 Å². The predicted molar refractivity (Wildman–Crippen MR) is 74.5 cm³/mol. The van der Waals surface area contributed by atoms with Gasteiger partial charge < -0.3 is 5.32 Å². The van der Waals surface area contributed by atoms with Crippen molar-refractivity contribution >= 4 is 16.6 Å². The molecule has 0 bridgehead atoms. The van der Waals surface area contributed by atoms with Crippen molar-refractivity contribution in [3.63, 3.8) is 0 Å². The van der Waals surface area contributed by atoms with Crippen molar-refractivity contribution in [2.45, 2.75) is 39.7 Å². The SMILES string of the molecule is CCCC(C)Nc1cc(C)nc2ccccc12. The largest absolute Gasteiger partial charge is 0.382 e. The molecule has 2 heteroatoms. The number of rotatable bonds is 4. The minimum absolute atomic E-state index is 0.505. The van der Waals surface area contributed by atoms with Gasteiger partial charge in [0, 0.05) is 22.8 Å². The molecule has 0 saturated heterocycles. The molecule has 0 radical (unpaired) electrons. The number of para-hydroxylation sites is 1. The smallest absolute Gasteiger partial charge is 0.0725 e. The molecule has 1 unspecified atom stereocenters. The van der Waals surface area contributed by atoms with Gasteiger partial charge in [-0.25, -0.2) is 0 Å². The second-order valence-corrected chi connectivity index (χ2v) is 4.66. The fourth-order valence-corrected chi connectivity index (χ4v) is 2.20. The van der Waals surface area contributed by atoms with Crippen LogP contribution >= 0.6 is 0 Å². The minimum atomic E-state index is 0.505. The summed E-state index contributed by atoms with van der Waals surface area (Å²) in [6, 6.07) is 10.9. The summed E-state index contributed by atoms with van der Waals surface area (Å²) in [4.78, 5) is 4.55. The number of benzene rings is 1. The van der Waals surface area contributed by atoms with Gasteiger partial charge in [-0.15, -0.1) is 0 Å². The van der Waals surface area contributed by atoms with Crippen LogP contribution in [0.5, 0.6) is 0 Å². The molecule has 0 fully saturated rings. The predicted octanol–water partition coefficient (Wildman–Crippen LogP) is 4.14. The molecule has 0 aliphatic carbocycles. The summed E-state index contributed by atoms with van der Waals surface area (Å²) in [5, 5.41) is 4.80. The van der Waals surface area contributed by atoms with Gasteiger partial charge in [-0.1, -0.05) is 31.5 Å².